The van der Waals surface area contributed by atoms with Crippen LogP contribution in [0.1, 0.15) is 37.8 Å². The zero-order valence-electron chi connectivity index (χ0n) is 19.8. The van der Waals surface area contributed by atoms with Crippen LogP contribution in [0.4, 0.5) is 21.0 Å². The molecule has 4 N–H and O–H groups in total. The van der Waals surface area contributed by atoms with Gasteiger partial charge in [-0.3, -0.25) is 0 Å². The first kappa shape index (κ1) is 27.2. The SMILES string of the molecule is C=CCOC[C@H](CC)NC(=O)Nc1cc(NC(=O)N[C@@H](CC)COCC=C)c(C)cc1C. The molecule has 0 aromatic heterocycles. The van der Waals surface area contributed by atoms with Gasteiger partial charge in [0.15, 0.2) is 0 Å². The largest absolute Gasteiger partial charge is 0.375 e. The molecule has 8 nitrogen and oxygen atoms in total. The number of carbonyl (C=O) groups excluding carboxylic acids is 2. The Balaban J connectivity index is 2.76. The number of rotatable bonds is 14. The molecule has 0 heterocycles. The summed E-state index contributed by atoms with van der Waals surface area (Å²) in [6.07, 6.45) is 4.81. The third-order valence-electron chi connectivity index (χ3n) is 4.83. The summed E-state index contributed by atoms with van der Waals surface area (Å²) in [4.78, 5) is 25.0. The molecule has 8 heteroatoms. The zero-order valence-corrected chi connectivity index (χ0v) is 19.8. The van der Waals surface area contributed by atoms with Crippen molar-refractivity contribution >= 4 is 23.4 Å². The van der Waals surface area contributed by atoms with E-state index in [1.807, 2.05) is 33.8 Å². The average Bonchev–Trinajstić information content (AvgIpc) is 2.75. The maximum absolute atomic E-state index is 12.5. The first-order valence-electron chi connectivity index (χ1n) is 11.0. The molecule has 0 saturated heterocycles. The van der Waals surface area contributed by atoms with Crippen LogP contribution in [-0.4, -0.2) is 50.6 Å². The lowest BCUT2D eigenvalue weighted by molar-refractivity contribution is 0.136. The van der Waals surface area contributed by atoms with Crippen LogP contribution in [0.3, 0.4) is 0 Å². The molecule has 0 aliphatic rings. The van der Waals surface area contributed by atoms with Crippen molar-refractivity contribution < 1.29 is 19.1 Å². The fourth-order valence-electron chi connectivity index (χ4n) is 2.92. The molecular weight excluding hydrogens is 408 g/mol. The minimum Gasteiger partial charge on any atom is -0.375 e. The van der Waals surface area contributed by atoms with E-state index < -0.39 is 0 Å². The van der Waals surface area contributed by atoms with Crippen LogP contribution in [0.5, 0.6) is 0 Å². The van der Waals surface area contributed by atoms with Crippen molar-refractivity contribution in [1.29, 1.82) is 0 Å². The van der Waals surface area contributed by atoms with Gasteiger partial charge in [0, 0.05) is 11.4 Å². The highest BCUT2D eigenvalue weighted by atomic mass is 16.5. The van der Waals surface area contributed by atoms with Crippen LogP contribution in [0.25, 0.3) is 0 Å². The number of benzene rings is 1. The van der Waals surface area contributed by atoms with Crippen molar-refractivity contribution in [2.45, 2.75) is 52.6 Å². The van der Waals surface area contributed by atoms with Gasteiger partial charge in [-0.05, 0) is 43.9 Å². The smallest absolute Gasteiger partial charge is 0.319 e. The summed E-state index contributed by atoms with van der Waals surface area (Å²) in [5.41, 5.74) is 3.02. The van der Waals surface area contributed by atoms with Crippen LogP contribution < -0.4 is 21.3 Å². The second kappa shape index (κ2) is 15.0. The molecule has 2 atom stereocenters. The number of hydrogen-bond acceptors (Lipinski definition) is 4. The van der Waals surface area contributed by atoms with Crippen LogP contribution in [0.15, 0.2) is 37.4 Å². The predicted octanol–water partition coefficient (Wildman–Crippen LogP) is 4.51. The highest BCUT2D eigenvalue weighted by molar-refractivity contribution is 5.94. The lowest BCUT2D eigenvalue weighted by Gasteiger charge is -2.20. The Bertz CT molecular complexity index is 707. The number of ether oxygens (including phenoxy) is 2. The van der Waals surface area contributed by atoms with Gasteiger partial charge in [0.1, 0.15) is 0 Å². The van der Waals surface area contributed by atoms with Gasteiger partial charge in [-0.15, -0.1) is 13.2 Å². The lowest BCUT2D eigenvalue weighted by atomic mass is 10.1. The lowest BCUT2D eigenvalue weighted by Crippen LogP contribution is -2.41. The van der Waals surface area contributed by atoms with E-state index in [0.29, 0.717) is 37.8 Å². The predicted molar refractivity (Wildman–Crippen MR) is 130 cm³/mol. The Morgan fingerprint density at radius 3 is 1.59 bits per heavy atom. The van der Waals surface area contributed by atoms with E-state index >= 15 is 0 Å². The molecule has 0 aliphatic carbocycles. The molecule has 0 aliphatic heterocycles. The van der Waals surface area contributed by atoms with Gasteiger partial charge in [0.05, 0.1) is 38.5 Å². The Kier molecular flexibility index (Phi) is 12.8. The second-order valence-corrected chi connectivity index (χ2v) is 7.54. The number of aryl methyl sites for hydroxylation is 2. The van der Waals surface area contributed by atoms with Gasteiger partial charge in [0.2, 0.25) is 0 Å². The maximum Gasteiger partial charge on any atom is 0.319 e. The molecule has 0 unspecified atom stereocenters. The third kappa shape index (κ3) is 9.98. The Morgan fingerprint density at radius 1 is 0.844 bits per heavy atom. The van der Waals surface area contributed by atoms with Crippen LogP contribution in [0.2, 0.25) is 0 Å². The molecule has 1 rings (SSSR count). The quantitative estimate of drug-likeness (QED) is 0.249. The number of anilines is 2. The highest BCUT2D eigenvalue weighted by Gasteiger charge is 2.15. The van der Waals surface area contributed by atoms with Crippen molar-refractivity contribution in [2.24, 2.45) is 0 Å². The zero-order chi connectivity index (χ0) is 23.9. The first-order valence-corrected chi connectivity index (χ1v) is 11.0. The van der Waals surface area contributed by atoms with Gasteiger partial charge in [0.25, 0.3) is 0 Å². The summed E-state index contributed by atoms with van der Waals surface area (Å²) >= 11 is 0. The summed E-state index contributed by atoms with van der Waals surface area (Å²) in [7, 11) is 0. The minimum atomic E-state index is -0.327. The molecule has 4 amide bonds. The molecule has 0 bridgehead atoms. The van der Waals surface area contributed by atoms with Gasteiger partial charge in [-0.25, -0.2) is 9.59 Å². The summed E-state index contributed by atoms with van der Waals surface area (Å²) < 4.78 is 10.9. The van der Waals surface area contributed by atoms with Crippen molar-refractivity contribution in [1.82, 2.24) is 10.6 Å². The van der Waals surface area contributed by atoms with E-state index in [1.54, 1.807) is 18.2 Å². The van der Waals surface area contributed by atoms with Crippen LogP contribution in [-0.2, 0) is 9.47 Å². The molecule has 1 aromatic rings. The van der Waals surface area contributed by atoms with Crippen molar-refractivity contribution in [3.8, 4) is 0 Å². The number of amides is 4. The third-order valence-corrected chi connectivity index (χ3v) is 4.83. The first-order chi connectivity index (χ1) is 15.3. The average molecular weight is 447 g/mol. The highest BCUT2D eigenvalue weighted by Crippen LogP contribution is 2.24. The van der Waals surface area contributed by atoms with Gasteiger partial charge in [-0.1, -0.05) is 32.1 Å². The van der Waals surface area contributed by atoms with Crippen molar-refractivity contribution in [3.05, 3.63) is 48.6 Å². The van der Waals surface area contributed by atoms with Crippen molar-refractivity contribution in [3.63, 3.8) is 0 Å². The van der Waals surface area contributed by atoms with E-state index in [9.17, 15) is 9.59 Å². The maximum atomic E-state index is 12.5. The van der Waals surface area contributed by atoms with E-state index in [4.69, 9.17) is 9.47 Å². The van der Waals surface area contributed by atoms with Gasteiger partial charge in [-0.2, -0.15) is 0 Å². The fourth-order valence-corrected chi connectivity index (χ4v) is 2.92. The van der Waals surface area contributed by atoms with Crippen molar-refractivity contribution in [2.75, 3.05) is 37.1 Å². The summed E-state index contributed by atoms with van der Waals surface area (Å²) in [6.45, 7) is 16.7. The van der Waals surface area contributed by atoms with E-state index in [1.165, 1.54) is 0 Å². The minimum absolute atomic E-state index is 0.113. The van der Waals surface area contributed by atoms with Crippen LogP contribution >= 0.6 is 0 Å². The molecule has 0 saturated carbocycles. The topological polar surface area (TPSA) is 101 Å². The molecule has 0 radical (unpaired) electrons. The van der Waals surface area contributed by atoms with E-state index in [0.717, 1.165) is 24.0 Å². The molecule has 1 aromatic carbocycles. The number of urea groups is 2. The normalized spacial score (nSPS) is 12.4. The van der Waals surface area contributed by atoms with Gasteiger partial charge >= 0.3 is 12.1 Å². The fraction of sp³-hybridized carbons (Fsp3) is 0.500. The second-order valence-electron chi connectivity index (χ2n) is 7.54. The number of nitrogens with one attached hydrogen (secondary N) is 4. The Morgan fingerprint density at radius 2 is 1.25 bits per heavy atom. The molecule has 178 valence electrons. The monoisotopic (exact) mass is 446 g/mol. The summed E-state index contributed by atoms with van der Waals surface area (Å²) in [5, 5.41) is 11.5. The van der Waals surface area contributed by atoms with Gasteiger partial charge < -0.3 is 30.7 Å². The standard InChI is InChI=1S/C24H38N4O4/c1-7-11-31-15-19(9-3)25-23(29)27-21-14-22(18(6)13-17(21)5)28-24(30)26-20(10-4)16-32-12-8-2/h7-8,13-14,19-20H,1-2,9-12,15-16H2,3-6H3,(H2,25,27,29)(H2,26,28,30)/t19-,20-/m0/s1. The van der Waals surface area contributed by atoms with Crippen LogP contribution in [0, 0.1) is 13.8 Å². The number of hydrogen-bond donors (Lipinski definition) is 4. The molecule has 32 heavy (non-hydrogen) atoms. The molecule has 0 spiro atoms. The van der Waals surface area contributed by atoms with E-state index in [2.05, 4.69) is 34.4 Å². The Hall–Kier alpha value is -2.84. The molecule has 0 fully saturated rings. The summed E-state index contributed by atoms with van der Waals surface area (Å²) in [5.74, 6) is 0. The number of carbonyl (C=O) groups is 2. The molecular formula is C24H38N4O4. The summed E-state index contributed by atoms with van der Waals surface area (Å²) in [6, 6.07) is 2.80. The Labute approximate surface area is 191 Å². The van der Waals surface area contributed by atoms with E-state index in [-0.39, 0.29) is 24.1 Å².